The standard InChI is InChI=1S/C16H27N3O2S/c1-11(14-18-13(10-22-14)16(2,3)4)17-15(21)19-7-5-12(9-20)6-8-19/h10-12,20H,5-9H2,1-4H3,(H,17,21)/t11-/m1/s1. The van der Waals surface area contributed by atoms with E-state index in [0.29, 0.717) is 5.92 Å². The van der Waals surface area contributed by atoms with Crippen LogP contribution in [-0.4, -0.2) is 40.7 Å². The summed E-state index contributed by atoms with van der Waals surface area (Å²) >= 11 is 1.60. The van der Waals surface area contributed by atoms with Crippen molar-refractivity contribution in [3.05, 3.63) is 16.1 Å². The fourth-order valence-corrected chi connectivity index (χ4v) is 3.54. The fraction of sp³-hybridized carbons (Fsp3) is 0.750. The predicted molar refractivity (Wildman–Crippen MR) is 89.1 cm³/mol. The molecule has 124 valence electrons. The molecule has 1 saturated heterocycles. The van der Waals surface area contributed by atoms with Crippen molar-refractivity contribution >= 4 is 17.4 Å². The lowest BCUT2D eigenvalue weighted by Crippen LogP contribution is -2.45. The van der Waals surface area contributed by atoms with Gasteiger partial charge in [-0.05, 0) is 25.7 Å². The molecule has 0 bridgehead atoms. The van der Waals surface area contributed by atoms with E-state index in [4.69, 9.17) is 5.11 Å². The monoisotopic (exact) mass is 325 g/mol. The highest BCUT2D eigenvalue weighted by molar-refractivity contribution is 7.09. The lowest BCUT2D eigenvalue weighted by molar-refractivity contribution is 0.136. The van der Waals surface area contributed by atoms with E-state index < -0.39 is 0 Å². The van der Waals surface area contributed by atoms with Crippen LogP contribution in [0.3, 0.4) is 0 Å². The molecule has 1 aliphatic heterocycles. The number of thiazole rings is 1. The van der Waals surface area contributed by atoms with E-state index in [1.54, 1.807) is 11.3 Å². The van der Waals surface area contributed by atoms with Crippen LogP contribution in [0.15, 0.2) is 5.38 Å². The molecule has 0 unspecified atom stereocenters. The van der Waals surface area contributed by atoms with Crippen molar-refractivity contribution in [3.63, 3.8) is 0 Å². The molecule has 5 nitrogen and oxygen atoms in total. The van der Waals surface area contributed by atoms with Gasteiger partial charge in [-0.15, -0.1) is 11.3 Å². The highest BCUT2D eigenvalue weighted by Gasteiger charge is 2.25. The Labute approximate surface area is 136 Å². The van der Waals surface area contributed by atoms with Crippen molar-refractivity contribution in [2.45, 2.75) is 52.0 Å². The van der Waals surface area contributed by atoms with Crippen molar-refractivity contribution in [1.82, 2.24) is 15.2 Å². The lowest BCUT2D eigenvalue weighted by Gasteiger charge is -2.31. The first kappa shape index (κ1) is 17.2. The summed E-state index contributed by atoms with van der Waals surface area (Å²) in [5.74, 6) is 0.342. The van der Waals surface area contributed by atoms with Crippen LogP contribution in [0.2, 0.25) is 0 Å². The van der Waals surface area contributed by atoms with Gasteiger partial charge in [0.2, 0.25) is 0 Å². The number of amides is 2. The van der Waals surface area contributed by atoms with Crippen LogP contribution in [0, 0.1) is 5.92 Å². The zero-order chi connectivity index (χ0) is 16.3. The maximum atomic E-state index is 12.3. The van der Waals surface area contributed by atoms with E-state index in [1.807, 2.05) is 11.8 Å². The second-order valence-corrected chi connectivity index (χ2v) is 7.99. The molecule has 0 aromatic carbocycles. The molecule has 1 fully saturated rings. The number of aliphatic hydroxyl groups is 1. The second kappa shape index (κ2) is 6.96. The van der Waals surface area contributed by atoms with E-state index in [1.165, 1.54) is 0 Å². The summed E-state index contributed by atoms with van der Waals surface area (Å²) in [4.78, 5) is 18.8. The van der Waals surface area contributed by atoms with Crippen molar-refractivity contribution in [1.29, 1.82) is 0 Å². The van der Waals surface area contributed by atoms with Crippen LogP contribution in [0.25, 0.3) is 0 Å². The van der Waals surface area contributed by atoms with Crippen molar-refractivity contribution in [2.75, 3.05) is 19.7 Å². The molecule has 2 heterocycles. The van der Waals surface area contributed by atoms with Gasteiger partial charge in [0, 0.05) is 30.5 Å². The zero-order valence-corrected chi connectivity index (χ0v) is 14.7. The number of aromatic nitrogens is 1. The number of hydrogen-bond donors (Lipinski definition) is 2. The molecule has 2 rings (SSSR count). The summed E-state index contributed by atoms with van der Waals surface area (Å²) in [6, 6.07) is -0.111. The molecule has 1 atom stereocenters. The van der Waals surface area contributed by atoms with Gasteiger partial charge in [0.05, 0.1) is 11.7 Å². The Bertz CT molecular complexity index is 502. The number of carbonyl (C=O) groups excluding carboxylic acids is 1. The van der Waals surface area contributed by atoms with E-state index in [0.717, 1.165) is 36.6 Å². The highest BCUT2D eigenvalue weighted by atomic mass is 32.1. The third-order valence-electron chi connectivity index (χ3n) is 4.16. The molecule has 22 heavy (non-hydrogen) atoms. The maximum Gasteiger partial charge on any atom is 0.317 e. The molecule has 1 aromatic heterocycles. The minimum atomic E-state index is -0.0795. The number of carbonyl (C=O) groups is 1. The van der Waals surface area contributed by atoms with E-state index >= 15 is 0 Å². The van der Waals surface area contributed by atoms with Gasteiger partial charge in [-0.2, -0.15) is 0 Å². The van der Waals surface area contributed by atoms with E-state index in [-0.39, 0.29) is 24.1 Å². The Kier molecular flexibility index (Phi) is 5.45. The third-order valence-corrected chi connectivity index (χ3v) is 5.19. The van der Waals surface area contributed by atoms with Crippen LogP contribution >= 0.6 is 11.3 Å². The largest absolute Gasteiger partial charge is 0.396 e. The molecule has 2 N–H and O–H groups in total. The number of nitrogens with one attached hydrogen (secondary N) is 1. The molecular formula is C16H27N3O2S. The first-order valence-corrected chi connectivity index (χ1v) is 8.81. The maximum absolute atomic E-state index is 12.3. The fourth-order valence-electron chi connectivity index (χ4n) is 2.49. The van der Waals surface area contributed by atoms with Gasteiger partial charge < -0.3 is 15.3 Å². The molecule has 1 aliphatic rings. The number of piperidine rings is 1. The number of nitrogens with zero attached hydrogens (tertiary/aromatic N) is 2. The summed E-state index contributed by atoms with van der Waals surface area (Å²) in [5, 5.41) is 15.2. The molecule has 0 spiro atoms. The van der Waals surface area contributed by atoms with Crippen molar-refractivity contribution in [3.8, 4) is 0 Å². The van der Waals surface area contributed by atoms with Gasteiger partial charge in [-0.3, -0.25) is 0 Å². The number of rotatable bonds is 3. The average molecular weight is 325 g/mol. The topological polar surface area (TPSA) is 65.5 Å². The number of aliphatic hydroxyl groups excluding tert-OH is 1. The molecule has 1 aromatic rings. The van der Waals surface area contributed by atoms with Crippen LogP contribution in [-0.2, 0) is 5.41 Å². The van der Waals surface area contributed by atoms with Crippen LogP contribution in [0.4, 0.5) is 4.79 Å². The number of urea groups is 1. The second-order valence-electron chi connectivity index (χ2n) is 7.11. The molecule has 2 amide bonds. The summed E-state index contributed by atoms with van der Waals surface area (Å²) in [5.41, 5.74) is 1.10. The van der Waals surface area contributed by atoms with Crippen molar-refractivity contribution in [2.24, 2.45) is 5.92 Å². The average Bonchev–Trinajstić information content (AvgIpc) is 2.97. The summed E-state index contributed by atoms with van der Waals surface area (Å²) in [6.07, 6.45) is 1.76. The SMILES string of the molecule is C[C@@H](NC(=O)N1CCC(CO)CC1)c1nc(C(C)(C)C)cs1. The van der Waals surface area contributed by atoms with Crippen LogP contribution in [0.5, 0.6) is 0 Å². The molecule has 0 radical (unpaired) electrons. The normalized spacial score (nSPS) is 18.3. The van der Waals surface area contributed by atoms with Gasteiger partial charge in [0.1, 0.15) is 5.01 Å². The quantitative estimate of drug-likeness (QED) is 0.898. The minimum Gasteiger partial charge on any atom is -0.396 e. The summed E-state index contributed by atoms with van der Waals surface area (Å²) in [6.45, 7) is 10.1. The summed E-state index contributed by atoms with van der Waals surface area (Å²) < 4.78 is 0. The molecule has 0 saturated carbocycles. The Morgan fingerprint density at radius 2 is 2.14 bits per heavy atom. The van der Waals surface area contributed by atoms with Crippen LogP contribution < -0.4 is 5.32 Å². The van der Waals surface area contributed by atoms with Gasteiger partial charge >= 0.3 is 6.03 Å². The lowest BCUT2D eigenvalue weighted by atomic mass is 9.93. The highest BCUT2D eigenvalue weighted by Crippen LogP contribution is 2.27. The Morgan fingerprint density at radius 3 is 2.64 bits per heavy atom. The van der Waals surface area contributed by atoms with Gasteiger partial charge in [-0.25, -0.2) is 9.78 Å². The van der Waals surface area contributed by atoms with E-state index in [9.17, 15) is 4.79 Å². The summed E-state index contributed by atoms with van der Waals surface area (Å²) in [7, 11) is 0. The molecule has 0 aliphatic carbocycles. The number of likely N-dealkylation sites (tertiary alicyclic amines) is 1. The van der Waals surface area contributed by atoms with Gasteiger partial charge in [0.25, 0.3) is 0 Å². The van der Waals surface area contributed by atoms with Gasteiger partial charge in [0.15, 0.2) is 0 Å². The Hall–Kier alpha value is -1.14. The number of hydrogen-bond acceptors (Lipinski definition) is 4. The third kappa shape index (κ3) is 4.20. The first-order valence-electron chi connectivity index (χ1n) is 7.93. The van der Waals surface area contributed by atoms with Gasteiger partial charge in [-0.1, -0.05) is 20.8 Å². The van der Waals surface area contributed by atoms with Crippen LogP contribution in [0.1, 0.15) is 57.3 Å². The molecular weight excluding hydrogens is 298 g/mol. The molecule has 6 heteroatoms. The predicted octanol–water partition coefficient (Wildman–Crippen LogP) is 2.92. The first-order chi connectivity index (χ1) is 10.3. The Balaban J connectivity index is 1.90. The van der Waals surface area contributed by atoms with Crippen molar-refractivity contribution < 1.29 is 9.90 Å². The minimum absolute atomic E-state index is 0.0311. The Morgan fingerprint density at radius 1 is 1.50 bits per heavy atom. The van der Waals surface area contributed by atoms with E-state index in [2.05, 4.69) is 36.5 Å². The zero-order valence-electron chi connectivity index (χ0n) is 13.9. The smallest absolute Gasteiger partial charge is 0.317 e.